The Morgan fingerprint density at radius 2 is 1.60 bits per heavy atom. The molecule has 1 aliphatic heterocycles. The van der Waals surface area contributed by atoms with E-state index in [1.807, 2.05) is 49.4 Å². The van der Waals surface area contributed by atoms with Gasteiger partial charge < -0.3 is 19.5 Å². The van der Waals surface area contributed by atoms with E-state index in [1.165, 1.54) is 4.90 Å². The number of methoxy groups -OCH3 is 2. The number of halogens is 1. The monoisotopic (exact) mass is 535 g/mol. The fourth-order valence-electron chi connectivity index (χ4n) is 4.25. The highest BCUT2D eigenvalue weighted by atomic mass is 79.9. The highest BCUT2D eigenvalue weighted by Crippen LogP contribution is 2.40. The molecule has 3 aromatic carbocycles. The second-order valence-corrected chi connectivity index (χ2v) is 9.27. The molecule has 1 amide bonds. The Labute approximate surface area is 212 Å². The summed E-state index contributed by atoms with van der Waals surface area (Å²) in [6.45, 7) is 2.26. The standard InChI is InChI=1S/C28H26BrNO5/c1-17-4-7-19(8-5-17)25-24(26(31)20-9-11-21(29)12-10-20)27(32)28(33)30(25)15-14-18-6-13-22(34-2)23(16-18)35-3/h4-13,16,25,31H,14-15H2,1-3H3/t25-/m1/s1. The number of benzene rings is 3. The Hall–Kier alpha value is -3.58. The number of aliphatic hydroxyl groups excluding tert-OH is 1. The molecule has 0 saturated carbocycles. The highest BCUT2D eigenvalue weighted by molar-refractivity contribution is 9.10. The third-order valence-electron chi connectivity index (χ3n) is 6.14. The predicted octanol–water partition coefficient (Wildman–Crippen LogP) is 5.44. The Morgan fingerprint density at radius 1 is 0.943 bits per heavy atom. The van der Waals surface area contributed by atoms with Gasteiger partial charge in [-0.05, 0) is 48.7 Å². The molecule has 6 nitrogen and oxygen atoms in total. The average Bonchev–Trinajstić information content (AvgIpc) is 3.12. The van der Waals surface area contributed by atoms with Crippen molar-refractivity contribution in [2.75, 3.05) is 20.8 Å². The Balaban J connectivity index is 1.73. The summed E-state index contributed by atoms with van der Waals surface area (Å²) in [5.41, 5.74) is 3.32. The molecule has 180 valence electrons. The van der Waals surface area contributed by atoms with Crippen molar-refractivity contribution in [3.8, 4) is 11.5 Å². The number of ketones is 1. The van der Waals surface area contributed by atoms with Gasteiger partial charge in [-0.2, -0.15) is 0 Å². The lowest BCUT2D eigenvalue weighted by atomic mass is 9.94. The molecule has 1 atom stereocenters. The maximum Gasteiger partial charge on any atom is 0.295 e. The third-order valence-corrected chi connectivity index (χ3v) is 6.67. The second kappa shape index (κ2) is 10.4. The van der Waals surface area contributed by atoms with Crippen LogP contribution in [0.5, 0.6) is 11.5 Å². The molecule has 0 aromatic heterocycles. The summed E-state index contributed by atoms with van der Waals surface area (Å²) in [7, 11) is 3.14. The molecule has 35 heavy (non-hydrogen) atoms. The van der Waals surface area contributed by atoms with Crippen LogP contribution in [-0.4, -0.2) is 42.5 Å². The van der Waals surface area contributed by atoms with Crippen LogP contribution >= 0.6 is 15.9 Å². The summed E-state index contributed by atoms with van der Waals surface area (Å²) in [6.07, 6.45) is 0.494. The molecule has 7 heteroatoms. The van der Waals surface area contributed by atoms with Gasteiger partial charge in [0.2, 0.25) is 0 Å². The maximum absolute atomic E-state index is 13.2. The van der Waals surface area contributed by atoms with Crippen LogP contribution in [0.2, 0.25) is 0 Å². The van der Waals surface area contributed by atoms with Gasteiger partial charge in [-0.25, -0.2) is 0 Å². The van der Waals surface area contributed by atoms with Crippen LogP contribution in [0.1, 0.15) is 28.3 Å². The number of carbonyl (C=O) groups excluding carboxylic acids is 2. The first-order chi connectivity index (χ1) is 16.8. The van der Waals surface area contributed by atoms with E-state index in [1.54, 1.807) is 38.5 Å². The van der Waals surface area contributed by atoms with Crippen LogP contribution in [0.3, 0.4) is 0 Å². The van der Waals surface area contributed by atoms with E-state index in [4.69, 9.17) is 9.47 Å². The van der Waals surface area contributed by atoms with Crippen molar-refractivity contribution in [3.05, 3.63) is 99.0 Å². The van der Waals surface area contributed by atoms with Gasteiger partial charge in [0.15, 0.2) is 11.5 Å². The minimum absolute atomic E-state index is 0.0912. The van der Waals surface area contributed by atoms with E-state index in [0.717, 1.165) is 21.2 Å². The van der Waals surface area contributed by atoms with E-state index < -0.39 is 17.7 Å². The van der Waals surface area contributed by atoms with Crippen molar-refractivity contribution in [1.82, 2.24) is 4.90 Å². The van der Waals surface area contributed by atoms with Crippen LogP contribution in [0, 0.1) is 6.92 Å². The topological polar surface area (TPSA) is 76.1 Å². The lowest BCUT2D eigenvalue weighted by Crippen LogP contribution is -2.31. The van der Waals surface area contributed by atoms with E-state index in [-0.39, 0.29) is 17.9 Å². The molecule has 0 bridgehead atoms. The number of aryl methyl sites for hydroxylation is 1. The molecule has 4 rings (SSSR count). The van der Waals surface area contributed by atoms with Crippen molar-refractivity contribution >= 4 is 33.4 Å². The van der Waals surface area contributed by atoms with Gasteiger partial charge >= 0.3 is 0 Å². The summed E-state index contributed by atoms with van der Waals surface area (Å²) in [5.74, 6) is -0.295. The molecule has 0 unspecified atom stereocenters. The van der Waals surface area contributed by atoms with Crippen molar-refractivity contribution in [1.29, 1.82) is 0 Å². The van der Waals surface area contributed by atoms with E-state index in [0.29, 0.717) is 23.5 Å². The Morgan fingerprint density at radius 3 is 2.23 bits per heavy atom. The number of hydrogen-bond donors (Lipinski definition) is 1. The van der Waals surface area contributed by atoms with E-state index >= 15 is 0 Å². The zero-order valence-electron chi connectivity index (χ0n) is 19.7. The largest absolute Gasteiger partial charge is 0.507 e. The number of amides is 1. The number of Topliss-reactive ketones (excluding diaryl/α,β-unsaturated/α-hetero) is 1. The Bertz CT molecular complexity index is 1280. The Kier molecular flexibility index (Phi) is 7.26. The van der Waals surface area contributed by atoms with Crippen LogP contribution in [0.25, 0.3) is 5.76 Å². The number of likely N-dealkylation sites (tertiary alicyclic amines) is 1. The van der Waals surface area contributed by atoms with Gasteiger partial charge in [-0.1, -0.05) is 64.0 Å². The van der Waals surface area contributed by atoms with Gasteiger partial charge in [0.1, 0.15) is 5.76 Å². The summed E-state index contributed by atoms with van der Waals surface area (Å²) in [5, 5.41) is 11.1. The first-order valence-corrected chi connectivity index (χ1v) is 11.9. The first kappa shape index (κ1) is 24.5. The van der Waals surface area contributed by atoms with Crippen molar-refractivity contribution in [2.45, 2.75) is 19.4 Å². The molecule has 3 aromatic rings. The number of rotatable bonds is 7. The minimum Gasteiger partial charge on any atom is -0.507 e. The van der Waals surface area contributed by atoms with Gasteiger partial charge in [-0.15, -0.1) is 0 Å². The normalized spacial score (nSPS) is 17.0. The first-order valence-electron chi connectivity index (χ1n) is 11.2. The highest BCUT2D eigenvalue weighted by Gasteiger charge is 2.45. The quantitative estimate of drug-likeness (QED) is 0.247. The van der Waals surface area contributed by atoms with E-state index in [2.05, 4.69) is 15.9 Å². The average molecular weight is 536 g/mol. The zero-order chi connectivity index (χ0) is 25.1. The van der Waals surface area contributed by atoms with Crippen LogP contribution in [-0.2, 0) is 16.0 Å². The zero-order valence-corrected chi connectivity index (χ0v) is 21.3. The predicted molar refractivity (Wildman–Crippen MR) is 138 cm³/mol. The fourth-order valence-corrected chi connectivity index (χ4v) is 4.52. The third kappa shape index (κ3) is 4.95. The van der Waals surface area contributed by atoms with Crippen LogP contribution in [0.4, 0.5) is 0 Å². The number of ether oxygens (including phenoxy) is 2. The van der Waals surface area contributed by atoms with Gasteiger partial charge in [0.05, 0.1) is 25.8 Å². The van der Waals surface area contributed by atoms with Gasteiger partial charge in [0.25, 0.3) is 11.7 Å². The molecule has 1 aliphatic rings. The van der Waals surface area contributed by atoms with Gasteiger partial charge in [0, 0.05) is 16.6 Å². The summed E-state index contributed by atoms with van der Waals surface area (Å²) < 4.78 is 11.5. The SMILES string of the molecule is COc1ccc(CCN2C(=O)C(=O)C(=C(O)c3ccc(Br)cc3)[C@H]2c2ccc(C)cc2)cc1OC. The molecule has 1 saturated heterocycles. The van der Waals surface area contributed by atoms with Gasteiger partial charge in [-0.3, -0.25) is 9.59 Å². The fraction of sp³-hybridized carbons (Fsp3) is 0.214. The number of nitrogens with zero attached hydrogens (tertiary/aromatic N) is 1. The van der Waals surface area contributed by atoms with Crippen molar-refractivity contribution < 1.29 is 24.2 Å². The maximum atomic E-state index is 13.2. The lowest BCUT2D eigenvalue weighted by Gasteiger charge is -2.25. The molecule has 0 aliphatic carbocycles. The van der Waals surface area contributed by atoms with Crippen LogP contribution in [0.15, 0.2) is 76.8 Å². The number of hydrogen-bond acceptors (Lipinski definition) is 5. The molecule has 0 radical (unpaired) electrons. The van der Waals surface area contributed by atoms with Crippen molar-refractivity contribution in [3.63, 3.8) is 0 Å². The molecule has 1 N–H and O–H groups in total. The molecule has 1 heterocycles. The second-order valence-electron chi connectivity index (χ2n) is 8.35. The minimum atomic E-state index is -0.695. The number of carbonyl (C=O) groups is 2. The molecular formula is C28H26BrNO5. The molecule has 1 fully saturated rings. The summed E-state index contributed by atoms with van der Waals surface area (Å²) >= 11 is 3.38. The van der Waals surface area contributed by atoms with E-state index in [9.17, 15) is 14.7 Å². The molecular weight excluding hydrogens is 510 g/mol. The summed E-state index contributed by atoms with van der Waals surface area (Å²) in [4.78, 5) is 27.9. The van der Waals surface area contributed by atoms with Crippen LogP contribution < -0.4 is 9.47 Å². The summed E-state index contributed by atoms with van der Waals surface area (Å²) in [6, 6.07) is 19.5. The van der Waals surface area contributed by atoms with Crippen molar-refractivity contribution in [2.24, 2.45) is 0 Å². The molecule has 0 spiro atoms. The lowest BCUT2D eigenvalue weighted by molar-refractivity contribution is -0.139. The smallest absolute Gasteiger partial charge is 0.295 e. The number of aliphatic hydroxyl groups is 1.